The minimum Gasteiger partial charge on any atom is -0.493 e. The smallest absolute Gasteiger partial charge is 0.166 e. The van der Waals surface area contributed by atoms with Gasteiger partial charge in [-0.1, -0.05) is 33.8 Å². The number of ether oxygens (including phenoxy) is 2. The molecular formula is C28H40O4. The molecule has 1 unspecified atom stereocenters. The van der Waals surface area contributed by atoms with Gasteiger partial charge in [0, 0.05) is 16.9 Å². The zero-order valence-corrected chi connectivity index (χ0v) is 20.8. The molecule has 0 aromatic heterocycles. The maximum Gasteiger partial charge on any atom is 0.166 e. The van der Waals surface area contributed by atoms with E-state index in [4.69, 9.17) is 9.47 Å². The maximum atomic E-state index is 12.7. The normalized spacial score (nSPS) is 47.5. The van der Waals surface area contributed by atoms with Crippen molar-refractivity contribution in [1.29, 1.82) is 0 Å². The van der Waals surface area contributed by atoms with Crippen LogP contribution in [0.1, 0.15) is 84.8 Å². The van der Waals surface area contributed by atoms with E-state index in [0.29, 0.717) is 18.3 Å². The average molecular weight is 441 g/mol. The monoisotopic (exact) mass is 440 g/mol. The molecule has 4 fully saturated rings. The van der Waals surface area contributed by atoms with Crippen molar-refractivity contribution >= 4 is 0 Å². The third-order valence-corrected chi connectivity index (χ3v) is 11.8. The van der Waals surface area contributed by atoms with E-state index in [0.717, 1.165) is 43.6 Å². The van der Waals surface area contributed by atoms with Gasteiger partial charge in [0.2, 0.25) is 0 Å². The Kier molecular flexibility index (Phi) is 3.78. The van der Waals surface area contributed by atoms with E-state index in [-0.39, 0.29) is 22.2 Å². The minimum absolute atomic E-state index is 0.0361. The van der Waals surface area contributed by atoms with E-state index < -0.39 is 16.8 Å². The van der Waals surface area contributed by atoms with Gasteiger partial charge in [-0.05, 0) is 86.7 Å². The highest BCUT2D eigenvalue weighted by Crippen LogP contribution is 2.82. The summed E-state index contributed by atoms with van der Waals surface area (Å²) in [7, 11) is 1.71. The number of hydrogen-bond donors (Lipinski definition) is 2. The van der Waals surface area contributed by atoms with Crippen LogP contribution in [0.2, 0.25) is 0 Å². The van der Waals surface area contributed by atoms with Gasteiger partial charge in [-0.25, -0.2) is 0 Å². The fraction of sp³-hybridized carbons (Fsp3) is 0.786. The first-order valence-electron chi connectivity index (χ1n) is 12.6. The van der Waals surface area contributed by atoms with E-state index in [9.17, 15) is 10.2 Å². The van der Waals surface area contributed by atoms with Crippen LogP contribution in [-0.4, -0.2) is 34.1 Å². The summed E-state index contributed by atoms with van der Waals surface area (Å²) in [6.07, 6.45) is 5.86. The maximum absolute atomic E-state index is 12.7. The molecule has 4 bridgehead atoms. The fourth-order valence-electron chi connectivity index (χ4n) is 9.67. The molecule has 1 aromatic rings. The number of methoxy groups -OCH3 is 1. The standard InChI is InChI=1S/C28H40O4/c1-16-10-11-27-21-17-8-9-19(31-7)22(21)32-25(27,6)28(30)13-12-26(27,18(16)14-17)15-20(28)24(5,29)23(2,3)4/h8-9,16,18,20,29-30H,10-15H2,1-7H3/t16?,18-,20+,24-,25-,26+,27-,28+/m0/s1. The van der Waals surface area contributed by atoms with Crippen LogP contribution in [0.4, 0.5) is 0 Å². The van der Waals surface area contributed by atoms with E-state index in [1.54, 1.807) is 7.11 Å². The van der Waals surface area contributed by atoms with Crippen molar-refractivity contribution in [3.63, 3.8) is 0 Å². The first kappa shape index (κ1) is 21.3. The lowest BCUT2D eigenvalue weighted by Crippen LogP contribution is -2.85. The third kappa shape index (κ3) is 1.87. The van der Waals surface area contributed by atoms with Gasteiger partial charge in [0.15, 0.2) is 11.5 Å². The second kappa shape index (κ2) is 5.68. The Morgan fingerprint density at radius 3 is 2.50 bits per heavy atom. The molecule has 7 rings (SSSR count). The lowest BCUT2D eigenvalue weighted by Gasteiger charge is -2.77. The first-order valence-corrected chi connectivity index (χ1v) is 12.6. The number of rotatable bonds is 2. The summed E-state index contributed by atoms with van der Waals surface area (Å²) in [5.74, 6) is 2.59. The van der Waals surface area contributed by atoms with E-state index in [1.807, 2.05) is 6.92 Å². The van der Waals surface area contributed by atoms with Gasteiger partial charge in [0.25, 0.3) is 0 Å². The summed E-state index contributed by atoms with van der Waals surface area (Å²) in [5, 5.41) is 24.7. The molecule has 0 radical (unpaired) electrons. The van der Waals surface area contributed by atoms with Gasteiger partial charge in [0.1, 0.15) is 11.2 Å². The Balaban J connectivity index is 1.68. The predicted octanol–water partition coefficient (Wildman–Crippen LogP) is 5.01. The number of aliphatic hydroxyl groups is 2. The molecule has 0 amide bonds. The lowest BCUT2D eigenvalue weighted by molar-refractivity contribution is -0.339. The Bertz CT molecular complexity index is 1010. The molecule has 8 atom stereocenters. The Hall–Kier alpha value is -1.26. The first-order chi connectivity index (χ1) is 14.8. The molecular weight excluding hydrogens is 400 g/mol. The zero-order valence-electron chi connectivity index (χ0n) is 20.8. The van der Waals surface area contributed by atoms with Gasteiger partial charge >= 0.3 is 0 Å². The van der Waals surface area contributed by atoms with Crippen LogP contribution < -0.4 is 9.47 Å². The molecule has 1 aliphatic heterocycles. The van der Waals surface area contributed by atoms with Crippen molar-refractivity contribution in [2.24, 2.45) is 28.6 Å². The molecule has 2 spiro atoms. The highest BCUT2D eigenvalue weighted by molar-refractivity contribution is 5.65. The molecule has 6 aliphatic rings. The molecule has 0 saturated heterocycles. The average Bonchev–Trinajstić information content (AvgIpc) is 3.00. The summed E-state index contributed by atoms with van der Waals surface area (Å²) in [5.41, 5.74) is -0.706. The summed E-state index contributed by atoms with van der Waals surface area (Å²) < 4.78 is 12.8. The van der Waals surface area contributed by atoms with Crippen LogP contribution in [0.5, 0.6) is 11.5 Å². The van der Waals surface area contributed by atoms with Crippen LogP contribution in [-0.2, 0) is 11.8 Å². The van der Waals surface area contributed by atoms with Gasteiger partial charge in [0.05, 0.1) is 12.7 Å². The van der Waals surface area contributed by atoms with Gasteiger partial charge in [-0.3, -0.25) is 0 Å². The quantitative estimate of drug-likeness (QED) is 0.678. The van der Waals surface area contributed by atoms with E-state index >= 15 is 0 Å². The zero-order chi connectivity index (χ0) is 23.1. The van der Waals surface area contributed by atoms with Crippen LogP contribution in [0.3, 0.4) is 0 Å². The summed E-state index contributed by atoms with van der Waals surface area (Å²) >= 11 is 0. The van der Waals surface area contributed by atoms with Crippen molar-refractivity contribution in [1.82, 2.24) is 0 Å². The second-order valence-electron chi connectivity index (χ2n) is 13.2. The van der Waals surface area contributed by atoms with Crippen LogP contribution in [0.15, 0.2) is 12.1 Å². The van der Waals surface area contributed by atoms with Crippen molar-refractivity contribution in [2.45, 2.75) is 102 Å². The topological polar surface area (TPSA) is 58.9 Å². The van der Waals surface area contributed by atoms with Crippen LogP contribution in [0, 0.1) is 28.6 Å². The second-order valence-corrected chi connectivity index (χ2v) is 13.2. The van der Waals surface area contributed by atoms with Gasteiger partial charge in [-0.2, -0.15) is 0 Å². The predicted molar refractivity (Wildman–Crippen MR) is 124 cm³/mol. The highest BCUT2D eigenvalue weighted by atomic mass is 16.5. The molecule has 4 nitrogen and oxygen atoms in total. The highest BCUT2D eigenvalue weighted by Gasteiger charge is 2.86. The Morgan fingerprint density at radius 2 is 1.84 bits per heavy atom. The minimum atomic E-state index is -1.10. The van der Waals surface area contributed by atoms with Crippen molar-refractivity contribution in [2.75, 3.05) is 7.11 Å². The molecule has 4 saturated carbocycles. The van der Waals surface area contributed by atoms with Gasteiger partial charge < -0.3 is 19.7 Å². The fourth-order valence-corrected chi connectivity index (χ4v) is 9.67. The summed E-state index contributed by atoms with van der Waals surface area (Å²) in [4.78, 5) is 0. The van der Waals surface area contributed by atoms with Crippen LogP contribution >= 0.6 is 0 Å². The third-order valence-electron chi connectivity index (χ3n) is 11.8. The Morgan fingerprint density at radius 1 is 1.12 bits per heavy atom. The largest absolute Gasteiger partial charge is 0.493 e. The number of benzene rings is 1. The van der Waals surface area contributed by atoms with Crippen molar-refractivity contribution in [3.05, 3.63) is 23.3 Å². The number of hydrogen-bond acceptors (Lipinski definition) is 4. The molecule has 32 heavy (non-hydrogen) atoms. The molecule has 4 heteroatoms. The van der Waals surface area contributed by atoms with Gasteiger partial charge in [-0.15, -0.1) is 0 Å². The summed E-state index contributed by atoms with van der Waals surface area (Å²) in [6.45, 7) is 12.9. The van der Waals surface area contributed by atoms with E-state index in [1.165, 1.54) is 11.1 Å². The van der Waals surface area contributed by atoms with E-state index in [2.05, 4.69) is 46.8 Å². The van der Waals surface area contributed by atoms with Crippen LogP contribution in [0.25, 0.3) is 0 Å². The molecule has 1 heterocycles. The number of fused-ring (bicyclic) bond motifs is 2. The molecule has 5 aliphatic carbocycles. The molecule has 2 N–H and O–H groups in total. The lowest BCUT2D eigenvalue weighted by atomic mass is 9.27. The SMILES string of the molecule is COc1ccc2c3c1O[C@@]1(C)[C@]34CCC(C)[C@H](C2)[C@]42CC[C@@]1(O)[C@@H]([C@](C)(O)C(C)(C)C)C2. The van der Waals surface area contributed by atoms with Crippen molar-refractivity contribution in [3.8, 4) is 11.5 Å². The van der Waals surface area contributed by atoms with Crippen molar-refractivity contribution < 1.29 is 19.7 Å². The Labute approximate surface area is 192 Å². The molecule has 1 aromatic carbocycles. The molecule has 176 valence electrons. The summed E-state index contributed by atoms with van der Waals surface area (Å²) in [6, 6.07) is 4.31.